The van der Waals surface area contributed by atoms with E-state index >= 15 is 0 Å². The number of guanidine groups is 1. The molecule has 3 N–H and O–H groups in total. The van der Waals surface area contributed by atoms with E-state index in [4.69, 9.17) is 0 Å². The Balaban J connectivity index is 1.60. The van der Waals surface area contributed by atoms with Crippen molar-refractivity contribution in [1.29, 1.82) is 0 Å². The van der Waals surface area contributed by atoms with Crippen molar-refractivity contribution < 1.29 is 13.2 Å². The molecule has 0 heterocycles. The summed E-state index contributed by atoms with van der Waals surface area (Å²) < 4.78 is 23.0. The molecule has 0 radical (unpaired) electrons. The molecule has 0 saturated heterocycles. The van der Waals surface area contributed by atoms with Crippen LogP contribution in [0.5, 0.6) is 0 Å². The molecule has 29 heavy (non-hydrogen) atoms. The highest BCUT2D eigenvalue weighted by Crippen LogP contribution is 2.25. The Hall–Kier alpha value is -2.09. The third-order valence-electron chi connectivity index (χ3n) is 5.22. The van der Waals surface area contributed by atoms with Crippen LogP contribution in [0.2, 0.25) is 0 Å². The number of aliphatic imine (C=N–C) groups is 1. The van der Waals surface area contributed by atoms with Crippen LogP contribution < -0.4 is 16.0 Å². The van der Waals surface area contributed by atoms with Crippen molar-refractivity contribution in [3.8, 4) is 0 Å². The van der Waals surface area contributed by atoms with Gasteiger partial charge in [-0.05, 0) is 42.9 Å². The molecule has 8 heteroatoms. The van der Waals surface area contributed by atoms with Gasteiger partial charge in [0, 0.05) is 39.4 Å². The number of sulfone groups is 1. The van der Waals surface area contributed by atoms with Gasteiger partial charge in [0.05, 0.1) is 4.90 Å². The summed E-state index contributed by atoms with van der Waals surface area (Å²) in [6, 6.07) is 6.92. The Morgan fingerprint density at radius 3 is 2.24 bits per heavy atom. The minimum absolute atomic E-state index is 0.138. The fourth-order valence-corrected chi connectivity index (χ4v) is 4.19. The molecular weight excluding hydrogens is 388 g/mol. The van der Waals surface area contributed by atoms with E-state index in [-0.39, 0.29) is 5.91 Å². The van der Waals surface area contributed by atoms with Crippen molar-refractivity contribution in [3.63, 3.8) is 0 Å². The molecule has 1 aromatic carbocycles. The lowest BCUT2D eigenvalue weighted by molar-refractivity contribution is -0.122. The maximum Gasteiger partial charge on any atom is 0.220 e. The van der Waals surface area contributed by atoms with E-state index in [9.17, 15) is 13.2 Å². The zero-order valence-corrected chi connectivity index (χ0v) is 18.4. The number of rotatable bonds is 9. The Bertz CT molecular complexity index is 770. The van der Waals surface area contributed by atoms with Gasteiger partial charge in [-0.25, -0.2) is 8.42 Å². The van der Waals surface area contributed by atoms with Gasteiger partial charge in [-0.3, -0.25) is 9.79 Å². The molecule has 0 spiro atoms. The van der Waals surface area contributed by atoms with Gasteiger partial charge in [0.1, 0.15) is 0 Å². The normalized spacial score (nSPS) is 15.7. The summed E-state index contributed by atoms with van der Waals surface area (Å²) in [5, 5.41) is 9.39. The minimum atomic E-state index is -3.16. The van der Waals surface area contributed by atoms with Crippen LogP contribution in [-0.4, -0.2) is 53.2 Å². The second-order valence-corrected chi connectivity index (χ2v) is 9.67. The van der Waals surface area contributed by atoms with Crippen LogP contribution in [0.25, 0.3) is 0 Å². The van der Waals surface area contributed by atoms with Crippen molar-refractivity contribution in [3.05, 3.63) is 29.8 Å². The van der Waals surface area contributed by atoms with Gasteiger partial charge in [-0.2, -0.15) is 0 Å². The third kappa shape index (κ3) is 8.85. The number of nitrogens with zero attached hydrogens (tertiary/aromatic N) is 1. The Morgan fingerprint density at radius 2 is 1.62 bits per heavy atom. The average Bonchev–Trinajstić information content (AvgIpc) is 2.70. The number of hydrogen-bond acceptors (Lipinski definition) is 4. The Morgan fingerprint density at radius 1 is 1.00 bits per heavy atom. The molecule has 2 rings (SSSR count). The SMILES string of the molecule is CN=C(NCCNC(=O)CC1CCCCC1)NCCc1ccc(S(C)(=O)=O)cc1. The zero-order valence-electron chi connectivity index (χ0n) is 17.5. The molecule has 0 aromatic heterocycles. The number of carbonyl (C=O) groups is 1. The maximum absolute atomic E-state index is 12.0. The summed E-state index contributed by atoms with van der Waals surface area (Å²) in [6.07, 6.45) is 8.77. The van der Waals surface area contributed by atoms with E-state index in [1.54, 1.807) is 19.2 Å². The first-order valence-corrected chi connectivity index (χ1v) is 12.3. The summed E-state index contributed by atoms with van der Waals surface area (Å²) in [4.78, 5) is 16.5. The van der Waals surface area contributed by atoms with Crippen LogP contribution in [0.4, 0.5) is 0 Å². The molecule has 0 aliphatic heterocycles. The summed E-state index contributed by atoms with van der Waals surface area (Å²) in [6.45, 7) is 1.85. The quantitative estimate of drug-likeness (QED) is 0.321. The van der Waals surface area contributed by atoms with Gasteiger partial charge in [0.15, 0.2) is 15.8 Å². The molecule has 7 nitrogen and oxygen atoms in total. The molecule has 1 saturated carbocycles. The van der Waals surface area contributed by atoms with Crippen LogP contribution in [0.3, 0.4) is 0 Å². The summed E-state index contributed by atoms with van der Waals surface area (Å²) >= 11 is 0. The first-order chi connectivity index (χ1) is 13.9. The molecule has 1 fully saturated rings. The summed E-state index contributed by atoms with van der Waals surface area (Å²) in [7, 11) is -1.45. The van der Waals surface area contributed by atoms with Crippen LogP contribution >= 0.6 is 0 Å². The van der Waals surface area contributed by atoms with Gasteiger partial charge >= 0.3 is 0 Å². The van der Waals surface area contributed by atoms with Crippen molar-refractivity contribution >= 4 is 21.7 Å². The molecule has 0 unspecified atom stereocenters. The van der Waals surface area contributed by atoms with Crippen LogP contribution in [0, 0.1) is 5.92 Å². The largest absolute Gasteiger partial charge is 0.356 e. The van der Waals surface area contributed by atoms with E-state index in [1.165, 1.54) is 38.4 Å². The fourth-order valence-electron chi connectivity index (χ4n) is 3.56. The number of carbonyl (C=O) groups excluding carboxylic acids is 1. The van der Waals surface area contributed by atoms with E-state index in [2.05, 4.69) is 20.9 Å². The molecule has 1 aromatic rings. The first kappa shape index (κ1) is 23.2. The Labute approximate surface area is 174 Å². The summed E-state index contributed by atoms with van der Waals surface area (Å²) in [5.74, 6) is 1.37. The fraction of sp³-hybridized carbons (Fsp3) is 0.619. The minimum Gasteiger partial charge on any atom is -0.356 e. The van der Waals surface area contributed by atoms with E-state index in [0.717, 1.165) is 12.0 Å². The lowest BCUT2D eigenvalue weighted by atomic mass is 9.87. The monoisotopic (exact) mass is 422 g/mol. The standard InChI is InChI=1S/C21H34N4O3S/c1-22-21(24-13-12-17-8-10-19(11-9-17)29(2,27)28)25-15-14-23-20(26)16-18-6-4-3-5-7-18/h8-11,18H,3-7,12-16H2,1-2H3,(H,23,26)(H2,22,24,25). The zero-order chi connectivity index (χ0) is 21.1. The third-order valence-corrected chi connectivity index (χ3v) is 6.35. The van der Waals surface area contributed by atoms with E-state index < -0.39 is 9.84 Å². The highest BCUT2D eigenvalue weighted by atomic mass is 32.2. The van der Waals surface area contributed by atoms with Gasteiger partial charge < -0.3 is 16.0 Å². The predicted molar refractivity (Wildman–Crippen MR) is 117 cm³/mol. The molecule has 162 valence electrons. The van der Waals surface area contributed by atoms with E-state index in [0.29, 0.717) is 42.8 Å². The second kappa shape index (κ2) is 11.8. The Kier molecular flexibility index (Phi) is 9.44. The van der Waals surface area contributed by atoms with E-state index in [1.807, 2.05) is 12.1 Å². The van der Waals surface area contributed by atoms with Crippen LogP contribution in [0.15, 0.2) is 34.2 Å². The molecule has 1 amide bonds. The van der Waals surface area contributed by atoms with Crippen LogP contribution in [-0.2, 0) is 21.1 Å². The average molecular weight is 423 g/mol. The van der Waals surface area contributed by atoms with Crippen molar-refractivity contribution in [2.24, 2.45) is 10.9 Å². The van der Waals surface area contributed by atoms with Gasteiger partial charge in [0.2, 0.25) is 5.91 Å². The molecule has 1 aliphatic rings. The lowest BCUT2D eigenvalue weighted by Crippen LogP contribution is -2.42. The van der Waals surface area contributed by atoms with Crippen molar-refractivity contribution in [2.45, 2.75) is 49.8 Å². The summed E-state index contributed by atoms with van der Waals surface area (Å²) in [5.41, 5.74) is 1.05. The number of nitrogens with one attached hydrogen (secondary N) is 3. The highest BCUT2D eigenvalue weighted by Gasteiger charge is 2.16. The number of hydrogen-bond donors (Lipinski definition) is 3. The van der Waals surface area contributed by atoms with Gasteiger partial charge in [0.25, 0.3) is 0 Å². The molecular formula is C21H34N4O3S. The first-order valence-electron chi connectivity index (χ1n) is 10.4. The molecule has 1 aliphatic carbocycles. The predicted octanol–water partition coefficient (Wildman–Crippen LogP) is 1.88. The molecule has 0 bridgehead atoms. The molecule has 0 atom stereocenters. The van der Waals surface area contributed by atoms with Crippen molar-refractivity contribution in [2.75, 3.05) is 32.9 Å². The van der Waals surface area contributed by atoms with Gasteiger partial charge in [-0.15, -0.1) is 0 Å². The maximum atomic E-state index is 12.0. The highest BCUT2D eigenvalue weighted by molar-refractivity contribution is 7.90. The topological polar surface area (TPSA) is 99.7 Å². The number of benzene rings is 1. The lowest BCUT2D eigenvalue weighted by Gasteiger charge is -2.20. The van der Waals surface area contributed by atoms with Crippen molar-refractivity contribution in [1.82, 2.24) is 16.0 Å². The van der Waals surface area contributed by atoms with Crippen LogP contribution in [0.1, 0.15) is 44.1 Å². The smallest absolute Gasteiger partial charge is 0.220 e. The second-order valence-electron chi connectivity index (χ2n) is 7.65. The number of amides is 1. The van der Waals surface area contributed by atoms with Gasteiger partial charge in [-0.1, -0.05) is 31.4 Å².